The molecule has 1 aromatic carbocycles. The van der Waals surface area contributed by atoms with Crippen LogP contribution in [0.2, 0.25) is 0 Å². The van der Waals surface area contributed by atoms with Gasteiger partial charge in [-0.3, -0.25) is 10.1 Å². The van der Waals surface area contributed by atoms with Crippen LogP contribution in [0, 0.1) is 0 Å². The van der Waals surface area contributed by atoms with E-state index in [9.17, 15) is 4.79 Å². The molecule has 0 radical (unpaired) electrons. The molecule has 0 saturated carbocycles. The standard InChI is InChI=1S/C15H18N4O2S2.ClH/c1-10-12(16-7-8-21-10)13(20)17-14-18-19-15(23-14)22-9-11-5-3-2-4-6-11;/h2-6,10,12,16H,7-9H2,1H3,(H,17,18,20);1H/t10-,12+;/m1./s1. The minimum Gasteiger partial charge on any atom is -0.375 e. The first-order valence-electron chi connectivity index (χ1n) is 7.38. The van der Waals surface area contributed by atoms with E-state index in [1.54, 1.807) is 11.8 Å². The number of hydrogen-bond acceptors (Lipinski definition) is 7. The minimum atomic E-state index is -0.354. The summed E-state index contributed by atoms with van der Waals surface area (Å²) in [6.07, 6.45) is -0.149. The molecule has 0 bridgehead atoms. The lowest BCUT2D eigenvalue weighted by Gasteiger charge is -2.28. The van der Waals surface area contributed by atoms with Gasteiger partial charge in [0.15, 0.2) is 4.34 Å². The van der Waals surface area contributed by atoms with E-state index in [2.05, 4.69) is 33.0 Å². The summed E-state index contributed by atoms with van der Waals surface area (Å²) < 4.78 is 6.32. The summed E-state index contributed by atoms with van der Waals surface area (Å²) in [5, 5.41) is 14.6. The molecule has 1 aliphatic rings. The number of hydrogen-bond donors (Lipinski definition) is 2. The smallest absolute Gasteiger partial charge is 0.246 e. The highest BCUT2D eigenvalue weighted by Crippen LogP contribution is 2.28. The Balaban J connectivity index is 0.00000208. The summed E-state index contributed by atoms with van der Waals surface area (Å²) in [5.74, 6) is 0.700. The highest BCUT2D eigenvalue weighted by molar-refractivity contribution is 8.00. The Morgan fingerprint density at radius 2 is 2.21 bits per heavy atom. The zero-order chi connectivity index (χ0) is 16.1. The fourth-order valence-corrected chi connectivity index (χ4v) is 3.96. The topological polar surface area (TPSA) is 76.1 Å². The molecule has 2 N–H and O–H groups in total. The predicted octanol–water partition coefficient (Wildman–Crippen LogP) is 2.57. The van der Waals surface area contributed by atoms with E-state index < -0.39 is 0 Å². The van der Waals surface area contributed by atoms with E-state index in [1.807, 2.05) is 25.1 Å². The van der Waals surface area contributed by atoms with Crippen LogP contribution >= 0.6 is 35.5 Å². The summed E-state index contributed by atoms with van der Waals surface area (Å²) in [7, 11) is 0. The van der Waals surface area contributed by atoms with Crippen LogP contribution in [0.4, 0.5) is 5.13 Å². The normalized spacial score (nSPS) is 20.2. The van der Waals surface area contributed by atoms with Crippen molar-refractivity contribution in [3.63, 3.8) is 0 Å². The minimum absolute atomic E-state index is 0. The van der Waals surface area contributed by atoms with Gasteiger partial charge in [-0.25, -0.2) is 0 Å². The lowest BCUT2D eigenvalue weighted by molar-refractivity contribution is -0.123. The number of amides is 1. The predicted molar refractivity (Wildman–Crippen MR) is 99.0 cm³/mol. The van der Waals surface area contributed by atoms with Crippen molar-refractivity contribution in [1.82, 2.24) is 15.5 Å². The maximum Gasteiger partial charge on any atom is 0.246 e. The van der Waals surface area contributed by atoms with Gasteiger partial charge >= 0.3 is 0 Å². The molecule has 6 nitrogen and oxygen atoms in total. The Bertz CT molecular complexity index is 656. The Labute approximate surface area is 155 Å². The largest absolute Gasteiger partial charge is 0.375 e. The van der Waals surface area contributed by atoms with Gasteiger partial charge in [0.1, 0.15) is 6.04 Å². The van der Waals surface area contributed by atoms with Gasteiger partial charge in [0.2, 0.25) is 11.0 Å². The molecule has 2 heterocycles. The number of nitrogens with one attached hydrogen (secondary N) is 2. The molecule has 1 amide bonds. The molecule has 1 saturated heterocycles. The summed E-state index contributed by atoms with van der Waals surface area (Å²) in [6.45, 7) is 3.19. The van der Waals surface area contributed by atoms with Crippen LogP contribution in [0.3, 0.4) is 0 Å². The summed E-state index contributed by atoms with van der Waals surface area (Å²) in [5.41, 5.74) is 1.23. The van der Waals surface area contributed by atoms with Gasteiger partial charge in [-0.1, -0.05) is 53.4 Å². The van der Waals surface area contributed by atoms with Crippen molar-refractivity contribution in [2.75, 3.05) is 18.5 Å². The highest BCUT2D eigenvalue weighted by atomic mass is 35.5. The van der Waals surface area contributed by atoms with Gasteiger partial charge in [0.05, 0.1) is 12.7 Å². The van der Waals surface area contributed by atoms with Crippen molar-refractivity contribution in [2.45, 2.75) is 29.2 Å². The van der Waals surface area contributed by atoms with Crippen LogP contribution in [-0.2, 0) is 15.3 Å². The number of thioether (sulfide) groups is 1. The number of carbonyl (C=O) groups excluding carboxylic acids is 1. The Hall–Kier alpha value is -1.19. The van der Waals surface area contributed by atoms with Crippen molar-refractivity contribution < 1.29 is 9.53 Å². The maximum atomic E-state index is 12.2. The third-order valence-corrected chi connectivity index (χ3v) is 5.48. The number of carbonyl (C=O) groups is 1. The third-order valence-electron chi connectivity index (χ3n) is 3.44. The molecule has 3 rings (SSSR count). The van der Waals surface area contributed by atoms with Crippen LogP contribution in [0.5, 0.6) is 0 Å². The fraction of sp³-hybridized carbons (Fsp3) is 0.400. The highest BCUT2D eigenvalue weighted by Gasteiger charge is 2.28. The first-order chi connectivity index (χ1) is 11.2. The lowest BCUT2D eigenvalue weighted by Crippen LogP contribution is -2.53. The molecule has 0 unspecified atom stereocenters. The quantitative estimate of drug-likeness (QED) is 0.607. The van der Waals surface area contributed by atoms with Gasteiger partial charge in [-0.2, -0.15) is 0 Å². The summed E-state index contributed by atoms with van der Waals surface area (Å²) in [4.78, 5) is 12.2. The van der Waals surface area contributed by atoms with Crippen molar-refractivity contribution in [2.24, 2.45) is 0 Å². The Kier molecular flexibility index (Phi) is 7.44. The number of nitrogens with zero attached hydrogens (tertiary/aromatic N) is 2. The zero-order valence-electron chi connectivity index (χ0n) is 13.1. The number of anilines is 1. The molecular weight excluding hydrogens is 368 g/mol. The van der Waals surface area contributed by atoms with E-state index in [-0.39, 0.29) is 30.5 Å². The molecule has 1 aromatic heterocycles. The van der Waals surface area contributed by atoms with Gasteiger partial charge in [0.25, 0.3) is 0 Å². The van der Waals surface area contributed by atoms with Crippen molar-refractivity contribution >= 4 is 46.5 Å². The molecule has 2 atom stereocenters. The van der Waals surface area contributed by atoms with E-state index in [0.717, 1.165) is 10.1 Å². The SMILES string of the molecule is C[C@H]1OCCN[C@@H]1C(=O)Nc1nnc(SCc2ccccc2)s1.Cl. The average Bonchev–Trinajstić information content (AvgIpc) is 3.02. The Morgan fingerprint density at radius 1 is 1.42 bits per heavy atom. The first kappa shape index (κ1) is 19.1. The average molecular weight is 387 g/mol. The van der Waals surface area contributed by atoms with Gasteiger partial charge < -0.3 is 10.1 Å². The molecular formula is C15H19ClN4O2S2. The summed E-state index contributed by atoms with van der Waals surface area (Å²) in [6, 6.07) is 9.83. The second kappa shape index (κ2) is 9.33. The van der Waals surface area contributed by atoms with Gasteiger partial charge in [-0.15, -0.1) is 22.6 Å². The van der Waals surface area contributed by atoms with Crippen LogP contribution < -0.4 is 10.6 Å². The number of morpholine rings is 1. The molecule has 0 spiro atoms. The van der Waals surface area contributed by atoms with E-state index in [0.29, 0.717) is 18.3 Å². The molecule has 130 valence electrons. The van der Waals surface area contributed by atoms with E-state index >= 15 is 0 Å². The lowest BCUT2D eigenvalue weighted by atomic mass is 10.1. The third kappa shape index (κ3) is 5.15. The van der Waals surface area contributed by atoms with Crippen molar-refractivity contribution in [1.29, 1.82) is 0 Å². The number of benzene rings is 1. The zero-order valence-corrected chi connectivity index (χ0v) is 15.5. The second-order valence-electron chi connectivity index (χ2n) is 5.14. The first-order valence-corrected chi connectivity index (χ1v) is 9.18. The van der Waals surface area contributed by atoms with E-state index in [4.69, 9.17) is 4.74 Å². The van der Waals surface area contributed by atoms with Gasteiger partial charge in [0, 0.05) is 12.3 Å². The fourth-order valence-electron chi connectivity index (χ4n) is 2.25. The molecule has 24 heavy (non-hydrogen) atoms. The molecule has 1 fully saturated rings. The second-order valence-corrected chi connectivity index (χ2v) is 7.34. The molecule has 1 aliphatic heterocycles. The Morgan fingerprint density at radius 3 is 2.96 bits per heavy atom. The van der Waals surface area contributed by atoms with Crippen molar-refractivity contribution in [3.8, 4) is 0 Å². The van der Waals surface area contributed by atoms with Crippen LogP contribution in [0.15, 0.2) is 34.7 Å². The van der Waals surface area contributed by atoms with Gasteiger partial charge in [-0.05, 0) is 12.5 Å². The van der Waals surface area contributed by atoms with Crippen LogP contribution in [-0.4, -0.2) is 41.4 Å². The van der Waals surface area contributed by atoms with Crippen LogP contribution in [0.25, 0.3) is 0 Å². The van der Waals surface area contributed by atoms with E-state index in [1.165, 1.54) is 16.9 Å². The monoisotopic (exact) mass is 386 g/mol. The molecule has 0 aliphatic carbocycles. The van der Waals surface area contributed by atoms with Crippen molar-refractivity contribution in [3.05, 3.63) is 35.9 Å². The number of halogens is 1. The maximum absolute atomic E-state index is 12.2. The number of aromatic nitrogens is 2. The van der Waals surface area contributed by atoms with Crippen LogP contribution in [0.1, 0.15) is 12.5 Å². The molecule has 9 heteroatoms. The molecule has 2 aromatic rings. The number of rotatable bonds is 5. The summed E-state index contributed by atoms with van der Waals surface area (Å²) >= 11 is 3.00. The number of ether oxygens (including phenoxy) is 1.